The molecular formula is C29H28F3N5O7. The first-order valence-electron chi connectivity index (χ1n) is 14.1. The number of pyridine rings is 2. The van der Waals surface area contributed by atoms with Gasteiger partial charge in [-0.3, -0.25) is 15.0 Å². The van der Waals surface area contributed by atoms with Gasteiger partial charge in [-0.2, -0.15) is 13.2 Å². The van der Waals surface area contributed by atoms with E-state index >= 15 is 0 Å². The van der Waals surface area contributed by atoms with E-state index in [2.05, 4.69) is 0 Å². The number of nitrogens with zero attached hydrogens (tertiary/aromatic N) is 4. The highest BCUT2D eigenvalue weighted by Gasteiger charge is 2.45. The van der Waals surface area contributed by atoms with Gasteiger partial charge in [-0.1, -0.05) is 13.8 Å². The summed E-state index contributed by atoms with van der Waals surface area (Å²) >= 11 is 0. The number of ether oxygens (including phenoxy) is 2. The molecule has 232 valence electrons. The molecule has 1 aromatic carbocycles. The second-order valence-corrected chi connectivity index (χ2v) is 10.8. The molecule has 5 heterocycles. The molecule has 0 unspecified atom stereocenters. The topological polar surface area (TPSA) is 143 Å². The number of carbonyl (C=O) groups excluding carboxylic acids is 3. The van der Waals surface area contributed by atoms with Gasteiger partial charge in [0.15, 0.2) is 5.60 Å². The number of alkyl halides is 3. The van der Waals surface area contributed by atoms with Gasteiger partial charge in [-0.25, -0.2) is 19.6 Å². The van der Waals surface area contributed by atoms with Crippen molar-refractivity contribution in [1.29, 1.82) is 0 Å². The molecule has 2 aromatic heterocycles. The summed E-state index contributed by atoms with van der Waals surface area (Å²) in [5.41, 5.74) is 3.26. The Morgan fingerprint density at radius 2 is 1.84 bits per heavy atom. The van der Waals surface area contributed by atoms with Gasteiger partial charge in [0.25, 0.3) is 5.56 Å². The van der Waals surface area contributed by atoms with Crippen LogP contribution in [-0.2, 0) is 39.5 Å². The van der Waals surface area contributed by atoms with E-state index in [0.717, 1.165) is 16.1 Å². The molecule has 3 aliphatic heterocycles. The number of hydrazine groups is 1. The smallest absolute Gasteiger partial charge is 0.458 e. The van der Waals surface area contributed by atoms with Crippen LogP contribution < -0.4 is 15.7 Å². The third kappa shape index (κ3) is 4.76. The van der Waals surface area contributed by atoms with Crippen LogP contribution in [0.4, 0.5) is 18.0 Å². The van der Waals surface area contributed by atoms with Gasteiger partial charge in [0, 0.05) is 42.7 Å². The van der Waals surface area contributed by atoms with E-state index in [1.165, 1.54) is 4.90 Å². The number of hydrogen-bond donors (Lipinski definition) is 2. The van der Waals surface area contributed by atoms with Crippen LogP contribution in [0, 0.1) is 0 Å². The van der Waals surface area contributed by atoms with E-state index in [4.69, 9.17) is 14.5 Å². The Balaban J connectivity index is 1.26. The van der Waals surface area contributed by atoms with E-state index in [0.29, 0.717) is 28.7 Å². The Bertz CT molecular complexity index is 1780. The molecule has 0 saturated carbocycles. The highest BCUT2D eigenvalue weighted by molar-refractivity contribution is 5.90. The number of rotatable bonds is 4. The standard InChI is InChI=1S/C29H28F3N5O7/c1-3-16-17-11-15(44-27(41)35-7-9-36(10-8-35)34-25(39)29(30,31)32)5-6-21(17)33-23-18(16)13-37-22(23)12-20-19(24(37)38)14-43-26(40)28(20,42)4-2/h5-6,11-12,42H,3-4,7-10,13-14H2,1-2H3,(H,34,39)/t28-/m0/s1. The molecule has 0 aliphatic carbocycles. The number of aryl methyl sites for hydroxylation is 1. The van der Waals surface area contributed by atoms with Crippen molar-refractivity contribution in [2.45, 2.75) is 51.6 Å². The van der Waals surface area contributed by atoms with Gasteiger partial charge in [-0.15, -0.1) is 0 Å². The molecule has 0 spiro atoms. The zero-order valence-electron chi connectivity index (χ0n) is 23.8. The average Bonchev–Trinajstić information content (AvgIpc) is 3.36. The average molecular weight is 616 g/mol. The minimum Gasteiger partial charge on any atom is -0.458 e. The molecule has 12 nitrogen and oxygen atoms in total. The van der Waals surface area contributed by atoms with Crippen LogP contribution in [0.3, 0.4) is 0 Å². The Labute approximate surface area is 247 Å². The van der Waals surface area contributed by atoms with Gasteiger partial charge in [0.2, 0.25) is 0 Å². The number of fused-ring (bicyclic) bond motifs is 5. The summed E-state index contributed by atoms with van der Waals surface area (Å²) in [7, 11) is 0. The third-order valence-corrected chi connectivity index (χ3v) is 8.39. The summed E-state index contributed by atoms with van der Waals surface area (Å²) in [6.45, 7) is 3.64. The van der Waals surface area contributed by atoms with E-state index in [-0.39, 0.29) is 68.2 Å². The predicted molar refractivity (Wildman–Crippen MR) is 147 cm³/mol. The van der Waals surface area contributed by atoms with Crippen LogP contribution in [0.2, 0.25) is 0 Å². The molecule has 2 amide bonds. The summed E-state index contributed by atoms with van der Waals surface area (Å²) in [5, 5.41) is 12.9. The summed E-state index contributed by atoms with van der Waals surface area (Å²) in [5.74, 6) is -2.64. The van der Waals surface area contributed by atoms with E-state index in [1.54, 1.807) is 41.2 Å². The molecule has 0 radical (unpaired) electrons. The second-order valence-electron chi connectivity index (χ2n) is 10.8. The first kappa shape index (κ1) is 29.6. The van der Waals surface area contributed by atoms with Crippen LogP contribution in [-0.4, -0.2) is 74.9 Å². The Morgan fingerprint density at radius 1 is 1.11 bits per heavy atom. The van der Waals surface area contributed by atoms with Crippen molar-refractivity contribution in [3.05, 3.63) is 56.9 Å². The van der Waals surface area contributed by atoms with E-state index in [9.17, 15) is 37.5 Å². The molecule has 2 N–H and O–H groups in total. The largest absolute Gasteiger partial charge is 0.472 e. The van der Waals surface area contributed by atoms with Gasteiger partial charge in [0.1, 0.15) is 12.4 Å². The first-order valence-corrected chi connectivity index (χ1v) is 14.1. The van der Waals surface area contributed by atoms with Crippen LogP contribution in [0.15, 0.2) is 29.1 Å². The molecule has 3 aliphatic rings. The normalized spacial score (nSPS) is 19.7. The fourth-order valence-corrected chi connectivity index (χ4v) is 5.98. The lowest BCUT2D eigenvalue weighted by Gasteiger charge is -2.34. The fraction of sp³-hybridized carbons (Fsp3) is 0.414. The lowest BCUT2D eigenvalue weighted by molar-refractivity contribution is -0.179. The maximum absolute atomic E-state index is 13.5. The molecule has 3 aromatic rings. The fourth-order valence-electron chi connectivity index (χ4n) is 5.98. The minimum absolute atomic E-state index is 0.00994. The monoisotopic (exact) mass is 615 g/mol. The Morgan fingerprint density at radius 3 is 2.50 bits per heavy atom. The summed E-state index contributed by atoms with van der Waals surface area (Å²) in [6, 6.07) is 6.58. The zero-order valence-corrected chi connectivity index (χ0v) is 23.8. The molecule has 6 rings (SSSR count). The van der Waals surface area contributed by atoms with Gasteiger partial charge in [0.05, 0.1) is 29.0 Å². The number of nitrogens with one attached hydrogen (secondary N) is 1. The number of piperazine rings is 1. The van der Waals surface area contributed by atoms with Gasteiger partial charge < -0.3 is 24.0 Å². The predicted octanol–water partition coefficient (Wildman–Crippen LogP) is 2.35. The Kier molecular flexibility index (Phi) is 7.12. The van der Waals surface area contributed by atoms with E-state index < -0.39 is 29.7 Å². The number of esters is 1. The summed E-state index contributed by atoms with van der Waals surface area (Å²) < 4.78 is 49.9. The van der Waals surface area contributed by atoms with Crippen molar-refractivity contribution in [2.75, 3.05) is 26.2 Å². The molecule has 0 bridgehead atoms. The number of aliphatic hydroxyl groups is 1. The second kappa shape index (κ2) is 10.6. The maximum atomic E-state index is 13.5. The lowest BCUT2D eigenvalue weighted by atomic mass is 9.86. The number of hydrogen-bond acceptors (Lipinski definition) is 9. The summed E-state index contributed by atoms with van der Waals surface area (Å²) in [6.07, 6.45) is -5.10. The highest BCUT2D eigenvalue weighted by atomic mass is 19.4. The third-order valence-electron chi connectivity index (χ3n) is 8.39. The van der Waals surface area contributed by atoms with Crippen molar-refractivity contribution < 1.29 is 42.1 Å². The van der Waals surface area contributed by atoms with Crippen molar-refractivity contribution >= 4 is 28.9 Å². The van der Waals surface area contributed by atoms with Gasteiger partial charge >= 0.3 is 24.1 Å². The van der Waals surface area contributed by atoms with Crippen molar-refractivity contribution in [3.8, 4) is 17.1 Å². The van der Waals surface area contributed by atoms with Crippen LogP contribution in [0.1, 0.15) is 42.5 Å². The van der Waals surface area contributed by atoms with Crippen LogP contribution in [0.25, 0.3) is 22.3 Å². The van der Waals surface area contributed by atoms with Gasteiger partial charge in [-0.05, 0) is 42.7 Å². The number of amides is 2. The number of carbonyl (C=O) groups is 3. The molecular weight excluding hydrogens is 587 g/mol. The number of halogens is 3. The number of benzene rings is 1. The minimum atomic E-state index is -5.01. The quantitative estimate of drug-likeness (QED) is 0.331. The highest BCUT2D eigenvalue weighted by Crippen LogP contribution is 2.40. The van der Waals surface area contributed by atoms with Crippen molar-refractivity contribution in [1.82, 2.24) is 24.9 Å². The first-order chi connectivity index (χ1) is 20.8. The maximum Gasteiger partial charge on any atom is 0.472 e. The number of aromatic nitrogens is 2. The molecule has 1 atom stereocenters. The summed E-state index contributed by atoms with van der Waals surface area (Å²) in [4.78, 5) is 56.1. The van der Waals surface area contributed by atoms with Crippen molar-refractivity contribution in [2.24, 2.45) is 0 Å². The SMILES string of the molecule is CCc1c2c(nc3ccc(OC(=O)N4CCN(NC(=O)C(F)(F)F)CC4)cc13)-c1cc3c(c(=O)n1C2)COC(=O)[C@]3(O)CC. The zero-order chi connectivity index (χ0) is 31.6. The van der Waals surface area contributed by atoms with E-state index in [1.807, 2.05) is 6.92 Å². The number of cyclic esters (lactones) is 1. The lowest BCUT2D eigenvalue weighted by Crippen LogP contribution is -2.57. The molecule has 44 heavy (non-hydrogen) atoms. The molecule has 1 fully saturated rings. The Hall–Kier alpha value is -4.50. The van der Waals surface area contributed by atoms with Crippen LogP contribution >= 0.6 is 0 Å². The molecule has 15 heteroatoms. The van der Waals surface area contributed by atoms with Crippen molar-refractivity contribution in [3.63, 3.8) is 0 Å². The molecule has 1 saturated heterocycles. The van der Waals surface area contributed by atoms with Crippen LogP contribution in [0.5, 0.6) is 5.75 Å².